The van der Waals surface area contributed by atoms with Crippen LogP contribution in [0.2, 0.25) is 0 Å². The second kappa shape index (κ2) is 9.96. The molecule has 0 bridgehead atoms. The molecule has 24 heavy (non-hydrogen) atoms. The summed E-state index contributed by atoms with van der Waals surface area (Å²) >= 11 is 0. The Kier molecular flexibility index (Phi) is 8.66. The number of methoxy groups -OCH3 is 1. The van der Waals surface area contributed by atoms with Crippen LogP contribution in [0.15, 0.2) is 0 Å². The van der Waals surface area contributed by atoms with Crippen LogP contribution in [0.3, 0.4) is 0 Å². The third-order valence-corrected chi connectivity index (χ3v) is 4.08. The largest absolute Gasteiger partial charge is 0.467 e. The number of rotatable bonds is 8. The minimum atomic E-state index is -0.805. The van der Waals surface area contributed by atoms with Gasteiger partial charge < -0.3 is 25.3 Å². The smallest absolute Gasteiger partial charge is 0.330 e. The molecule has 1 heterocycles. The summed E-state index contributed by atoms with van der Waals surface area (Å²) in [7, 11) is 1.29. The van der Waals surface area contributed by atoms with Gasteiger partial charge in [0.05, 0.1) is 19.3 Å². The first-order valence-corrected chi connectivity index (χ1v) is 8.57. The van der Waals surface area contributed by atoms with Gasteiger partial charge in [0.2, 0.25) is 5.91 Å². The molecule has 140 valence electrons. The van der Waals surface area contributed by atoms with E-state index in [9.17, 15) is 9.59 Å². The summed E-state index contributed by atoms with van der Waals surface area (Å²) in [5.74, 6) is -0.334. The minimum Gasteiger partial charge on any atom is -0.467 e. The van der Waals surface area contributed by atoms with Crippen LogP contribution in [-0.2, 0) is 23.8 Å². The van der Waals surface area contributed by atoms with Crippen LogP contribution in [0.5, 0.6) is 0 Å². The number of hydrogen-bond donors (Lipinski definition) is 2. The van der Waals surface area contributed by atoms with Gasteiger partial charge in [0.1, 0.15) is 0 Å². The van der Waals surface area contributed by atoms with E-state index in [2.05, 4.69) is 5.32 Å². The van der Waals surface area contributed by atoms with Crippen molar-refractivity contribution in [1.82, 2.24) is 5.32 Å². The molecule has 0 unspecified atom stereocenters. The molecule has 1 rings (SSSR count). The molecule has 1 amide bonds. The van der Waals surface area contributed by atoms with Crippen LogP contribution >= 0.6 is 0 Å². The summed E-state index contributed by atoms with van der Waals surface area (Å²) in [6.45, 7) is 7.20. The van der Waals surface area contributed by atoms with E-state index < -0.39 is 17.6 Å². The maximum Gasteiger partial charge on any atom is 0.330 e. The first-order chi connectivity index (χ1) is 11.2. The van der Waals surface area contributed by atoms with E-state index in [1.807, 2.05) is 20.8 Å². The number of carbonyl (C=O) groups is 2. The van der Waals surface area contributed by atoms with E-state index in [1.165, 1.54) is 7.11 Å². The molecule has 3 N–H and O–H groups in total. The fraction of sp³-hybridized carbons (Fsp3) is 0.882. The Balaban J connectivity index is 2.41. The molecule has 1 aliphatic rings. The van der Waals surface area contributed by atoms with Crippen molar-refractivity contribution >= 4 is 11.9 Å². The van der Waals surface area contributed by atoms with Crippen LogP contribution in [-0.4, -0.2) is 56.5 Å². The summed E-state index contributed by atoms with van der Waals surface area (Å²) in [6, 6.07) is -0.830. The highest BCUT2D eigenvalue weighted by atomic mass is 16.5. The molecule has 1 aliphatic heterocycles. The van der Waals surface area contributed by atoms with Gasteiger partial charge in [-0.1, -0.05) is 0 Å². The topological polar surface area (TPSA) is 99.9 Å². The van der Waals surface area contributed by atoms with Gasteiger partial charge in [-0.15, -0.1) is 0 Å². The Morgan fingerprint density at radius 1 is 1.29 bits per heavy atom. The van der Waals surface area contributed by atoms with Crippen molar-refractivity contribution in [3.63, 3.8) is 0 Å². The van der Waals surface area contributed by atoms with Crippen molar-refractivity contribution in [3.05, 3.63) is 0 Å². The number of amides is 1. The molecule has 1 saturated heterocycles. The Morgan fingerprint density at radius 3 is 2.46 bits per heavy atom. The van der Waals surface area contributed by atoms with E-state index in [1.54, 1.807) is 0 Å². The van der Waals surface area contributed by atoms with Crippen molar-refractivity contribution in [2.24, 2.45) is 11.7 Å². The van der Waals surface area contributed by atoms with Crippen LogP contribution in [0, 0.1) is 5.92 Å². The zero-order valence-corrected chi connectivity index (χ0v) is 15.3. The van der Waals surface area contributed by atoms with Crippen molar-refractivity contribution in [1.29, 1.82) is 0 Å². The second-order valence-electron chi connectivity index (χ2n) is 7.22. The summed E-state index contributed by atoms with van der Waals surface area (Å²) in [4.78, 5) is 23.9. The second-order valence-corrected chi connectivity index (χ2v) is 7.22. The lowest BCUT2D eigenvalue weighted by Gasteiger charge is -2.27. The number of esters is 1. The highest BCUT2D eigenvalue weighted by Crippen LogP contribution is 2.20. The normalized spacial score (nSPS) is 18.7. The lowest BCUT2D eigenvalue weighted by atomic mass is 9.89. The summed E-state index contributed by atoms with van der Waals surface area (Å²) in [6.07, 6.45) is 2.74. The van der Waals surface area contributed by atoms with Crippen molar-refractivity contribution in [3.8, 4) is 0 Å². The molecule has 0 aromatic carbocycles. The first kappa shape index (κ1) is 20.9. The van der Waals surface area contributed by atoms with E-state index in [0.717, 1.165) is 26.1 Å². The molecule has 1 fully saturated rings. The summed E-state index contributed by atoms with van der Waals surface area (Å²) in [5, 5.41) is 2.68. The van der Waals surface area contributed by atoms with Crippen molar-refractivity contribution in [2.45, 2.75) is 64.1 Å². The molecule has 2 atom stereocenters. The van der Waals surface area contributed by atoms with Gasteiger partial charge in [-0.25, -0.2) is 4.79 Å². The number of nitrogens with two attached hydrogens (primary N) is 1. The molecule has 0 radical (unpaired) electrons. The average Bonchev–Trinajstić information content (AvgIpc) is 2.55. The highest BCUT2D eigenvalue weighted by molar-refractivity contribution is 5.84. The van der Waals surface area contributed by atoms with Crippen LogP contribution in [0.25, 0.3) is 0 Å². The Morgan fingerprint density at radius 2 is 1.92 bits per heavy atom. The van der Waals surface area contributed by atoms with Gasteiger partial charge in [0.15, 0.2) is 6.04 Å². The molecule has 0 aromatic heterocycles. The van der Waals surface area contributed by atoms with Gasteiger partial charge in [0.25, 0.3) is 0 Å². The predicted octanol–water partition coefficient (Wildman–Crippen LogP) is 0.993. The lowest BCUT2D eigenvalue weighted by Crippen LogP contribution is -2.46. The predicted molar refractivity (Wildman–Crippen MR) is 90.4 cm³/mol. The summed E-state index contributed by atoms with van der Waals surface area (Å²) in [5.41, 5.74) is 5.78. The summed E-state index contributed by atoms with van der Waals surface area (Å²) < 4.78 is 15.6. The number of carbonyl (C=O) groups excluding carboxylic acids is 2. The van der Waals surface area contributed by atoms with Crippen molar-refractivity contribution in [2.75, 3.05) is 26.9 Å². The lowest BCUT2D eigenvalue weighted by molar-refractivity contribution is -0.148. The fourth-order valence-corrected chi connectivity index (χ4v) is 2.59. The Bertz CT molecular complexity index is 402. The van der Waals surface area contributed by atoms with Crippen LogP contribution in [0.1, 0.15) is 46.5 Å². The first-order valence-electron chi connectivity index (χ1n) is 8.57. The molecule has 0 aliphatic carbocycles. The Labute approximate surface area is 144 Å². The minimum absolute atomic E-state index is 0.0259. The standard InChI is InChI=1S/C17H32N2O5/c1-17(2,3)24-11-14(16(21)22-4)19-15(20)6-5-13(18)12-7-9-23-10-8-12/h12-14H,5-11,18H2,1-4H3,(H,19,20)/t13-,14+/m0/s1. The highest BCUT2D eigenvalue weighted by Gasteiger charge is 2.26. The van der Waals surface area contributed by atoms with E-state index in [0.29, 0.717) is 12.3 Å². The monoisotopic (exact) mass is 344 g/mol. The third kappa shape index (κ3) is 8.08. The molecule has 0 spiro atoms. The van der Waals surface area contributed by atoms with Crippen LogP contribution < -0.4 is 11.1 Å². The number of ether oxygens (including phenoxy) is 3. The molecular weight excluding hydrogens is 312 g/mol. The van der Waals surface area contributed by atoms with Gasteiger partial charge in [0, 0.05) is 25.7 Å². The molecule has 7 nitrogen and oxygen atoms in total. The zero-order valence-electron chi connectivity index (χ0n) is 15.3. The van der Waals surface area contributed by atoms with Crippen molar-refractivity contribution < 1.29 is 23.8 Å². The maximum absolute atomic E-state index is 12.1. The molecule has 0 saturated carbocycles. The fourth-order valence-electron chi connectivity index (χ4n) is 2.59. The van der Waals surface area contributed by atoms with E-state index >= 15 is 0 Å². The molecular formula is C17H32N2O5. The van der Waals surface area contributed by atoms with Crippen LogP contribution in [0.4, 0.5) is 0 Å². The van der Waals surface area contributed by atoms with Gasteiger partial charge in [-0.05, 0) is 46.0 Å². The van der Waals surface area contributed by atoms with E-state index in [4.69, 9.17) is 19.9 Å². The SMILES string of the molecule is COC(=O)[C@@H](COC(C)(C)C)NC(=O)CC[C@H](N)C1CCOCC1. The quantitative estimate of drug-likeness (QED) is 0.637. The zero-order chi connectivity index (χ0) is 18.2. The molecule has 7 heteroatoms. The molecule has 0 aromatic rings. The number of hydrogen-bond acceptors (Lipinski definition) is 6. The van der Waals surface area contributed by atoms with Gasteiger partial charge >= 0.3 is 5.97 Å². The number of nitrogens with one attached hydrogen (secondary N) is 1. The van der Waals surface area contributed by atoms with Gasteiger partial charge in [-0.3, -0.25) is 4.79 Å². The average molecular weight is 344 g/mol. The maximum atomic E-state index is 12.1. The van der Waals surface area contributed by atoms with Gasteiger partial charge in [-0.2, -0.15) is 0 Å². The Hall–Kier alpha value is -1.18. The third-order valence-electron chi connectivity index (χ3n) is 4.08. The van der Waals surface area contributed by atoms with E-state index in [-0.39, 0.29) is 25.0 Å².